The lowest BCUT2D eigenvalue weighted by atomic mass is 9.82. The van der Waals surface area contributed by atoms with E-state index in [0.29, 0.717) is 16.5 Å². The van der Waals surface area contributed by atoms with Gasteiger partial charge in [-0.1, -0.05) is 104 Å². The Morgan fingerprint density at radius 2 is 1.61 bits per heavy atom. The molecule has 1 saturated carbocycles. The summed E-state index contributed by atoms with van der Waals surface area (Å²) in [4.78, 5) is 21.8. The molecule has 1 heterocycles. The second-order valence-corrected chi connectivity index (χ2v) is 12.1. The van der Waals surface area contributed by atoms with Gasteiger partial charge < -0.3 is 10.6 Å². The van der Waals surface area contributed by atoms with Gasteiger partial charge in [-0.3, -0.25) is 15.2 Å². The van der Waals surface area contributed by atoms with E-state index in [0.717, 1.165) is 78.5 Å². The fourth-order valence-electron chi connectivity index (χ4n) is 6.43. The number of unbranched alkanes of at least 4 members (excludes halogenated alkanes) is 1. The highest BCUT2D eigenvalue weighted by atomic mass is 35.5. The number of benzene rings is 3. The number of halogens is 2. The van der Waals surface area contributed by atoms with Gasteiger partial charge in [0, 0.05) is 22.0 Å². The number of amides is 1. The molecule has 3 N–H and O–H groups in total. The van der Waals surface area contributed by atoms with Crippen molar-refractivity contribution >= 4 is 40.7 Å². The molecule has 5 nitrogen and oxygen atoms in total. The molecule has 3 aromatic rings. The molecule has 1 aliphatic heterocycles. The molecule has 5 rings (SSSR count). The summed E-state index contributed by atoms with van der Waals surface area (Å²) < 4.78 is 0. The van der Waals surface area contributed by atoms with Crippen LogP contribution in [0.1, 0.15) is 87.4 Å². The zero-order valence-corrected chi connectivity index (χ0v) is 25.1. The van der Waals surface area contributed by atoms with Crippen LogP contribution < -0.4 is 5.73 Å². The molecule has 3 aromatic carbocycles. The molecule has 41 heavy (non-hydrogen) atoms. The van der Waals surface area contributed by atoms with Crippen LogP contribution in [0.2, 0.25) is 10.0 Å². The summed E-state index contributed by atoms with van der Waals surface area (Å²) in [7, 11) is 0. The van der Waals surface area contributed by atoms with Gasteiger partial charge in [0.1, 0.15) is 5.66 Å². The van der Waals surface area contributed by atoms with Gasteiger partial charge in [-0.05, 0) is 66.5 Å². The number of hydrogen-bond donors (Lipinski definition) is 2. The van der Waals surface area contributed by atoms with E-state index < -0.39 is 5.66 Å². The van der Waals surface area contributed by atoms with Crippen LogP contribution in [0.25, 0.3) is 11.1 Å². The van der Waals surface area contributed by atoms with Crippen LogP contribution in [0.4, 0.5) is 0 Å². The van der Waals surface area contributed by atoms with Crippen LogP contribution >= 0.6 is 23.2 Å². The first kappa shape index (κ1) is 29.3. The molecule has 1 fully saturated rings. The summed E-state index contributed by atoms with van der Waals surface area (Å²) in [5.41, 5.74) is 10.8. The van der Waals surface area contributed by atoms with Gasteiger partial charge in [0.05, 0.1) is 24.0 Å². The average molecular weight is 590 g/mol. The first-order valence-corrected chi connectivity index (χ1v) is 15.4. The molecule has 1 aliphatic carbocycles. The Balaban J connectivity index is 1.51. The smallest absolute Gasteiger partial charge is 0.231 e. The minimum Gasteiger partial charge on any atom is -0.387 e. The van der Waals surface area contributed by atoms with Crippen LogP contribution in [0.5, 0.6) is 0 Å². The highest BCUT2D eigenvalue weighted by molar-refractivity contribution is 6.39. The van der Waals surface area contributed by atoms with Crippen molar-refractivity contribution in [2.24, 2.45) is 10.7 Å². The largest absolute Gasteiger partial charge is 0.387 e. The third-order valence-electron chi connectivity index (χ3n) is 8.40. The Hall–Kier alpha value is -3.15. The van der Waals surface area contributed by atoms with Crippen molar-refractivity contribution < 1.29 is 4.79 Å². The zero-order chi connectivity index (χ0) is 29.0. The minimum atomic E-state index is -0.538. The van der Waals surface area contributed by atoms with E-state index in [9.17, 15) is 4.79 Å². The minimum absolute atomic E-state index is 0.0398. The van der Waals surface area contributed by atoms with Crippen LogP contribution in [0.3, 0.4) is 0 Å². The predicted molar refractivity (Wildman–Crippen MR) is 170 cm³/mol. The molecule has 1 spiro atoms. The van der Waals surface area contributed by atoms with Crippen LogP contribution in [-0.4, -0.2) is 28.0 Å². The van der Waals surface area contributed by atoms with Gasteiger partial charge >= 0.3 is 0 Å². The number of nitrogens with two attached hydrogens (primary N) is 1. The van der Waals surface area contributed by atoms with Gasteiger partial charge in [-0.15, -0.1) is 0 Å². The summed E-state index contributed by atoms with van der Waals surface area (Å²) in [5.74, 6) is 0.293. The predicted octanol–water partition coefficient (Wildman–Crippen LogP) is 8.75. The van der Waals surface area contributed by atoms with Gasteiger partial charge in [0.25, 0.3) is 0 Å². The molecular weight excluding hydrogens is 551 g/mol. The fourth-order valence-corrected chi connectivity index (χ4v) is 7.04. The van der Waals surface area contributed by atoms with Gasteiger partial charge in [-0.25, -0.2) is 0 Å². The second-order valence-electron chi connectivity index (χ2n) is 11.3. The first-order chi connectivity index (χ1) is 19.8. The topological polar surface area (TPSA) is 82.5 Å². The highest BCUT2D eigenvalue weighted by Crippen LogP contribution is 2.45. The zero-order valence-electron chi connectivity index (χ0n) is 23.6. The van der Waals surface area contributed by atoms with Gasteiger partial charge in [-0.2, -0.15) is 0 Å². The van der Waals surface area contributed by atoms with E-state index in [2.05, 4.69) is 24.0 Å². The number of carbonyl (C=O) groups excluding carboxylic acids is 1. The summed E-state index contributed by atoms with van der Waals surface area (Å²) in [6, 6.07) is 21.9. The molecule has 2 aliphatic rings. The molecule has 0 radical (unpaired) electrons. The SMILES string of the molecule is CCCCC(c1ccc(CC(=N)N)cc1)N1C(=O)CC(c2ccc(-c3c(Cl)cccc3Cl)cc2)=NC12CCCCC2. The number of hydrogen-bond acceptors (Lipinski definition) is 3. The Morgan fingerprint density at radius 3 is 2.22 bits per heavy atom. The van der Waals surface area contributed by atoms with E-state index in [-0.39, 0.29) is 24.2 Å². The van der Waals surface area contributed by atoms with Gasteiger partial charge in [0.15, 0.2) is 0 Å². The number of nitrogens with zero attached hydrogens (tertiary/aromatic N) is 2. The van der Waals surface area contributed by atoms with E-state index in [1.807, 2.05) is 54.6 Å². The normalized spacial score (nSPS) is 17.4. The van der Waals surface area contributed by atoms with Gasteiger partial charge in [0.2, 0.25) is 5.91 Å². The second kappa shape index (κ2) is 12.8. The third kappa shape index (κ3) is 6.37. The van der Waals surface area contributed by atoms with Crippen molar-refractivity contribution in [3.05, 3.63) is 93.5 Å². The molecule has 214 valence electrons. The third-order valence-corrected chi connectivity index (χ3v) is 9.03. The Kier molecular flexibility index (Phi) is 9.16. The lowest BCUT2D eigenvalue weighted by Gasteiger charge is -2.50. The van der Waals surface area contributed by atoms with Crippen LogP contribution in [0, 0.1) is 5.41 Å². The maximum absolute atomic E-state index is 14.2. The maximum Gasteiger partial charge on any atom is 0.231 e. The lowest BCUT2D eigenvalue weighted by molar-refractivity contribution is -0.143. The molecule has 0 aromatic heterocycles. The van der Waals surface area contributed by atoms with Crippen molar-refractivity contribution in [3.8, 4) is 11.1 Å². The maximum atomic E-state index is 14.2. The van der Waals surface area contributed by atoms with Crippen LogP contribution in [0.15, 0.2) is 71.7 Å². The number of aliphatic imine (C=N–C) groups is 1. The summed E-state index contributed by atoms with van der Waals surface area (Å²) in [6.07, 6.45) is 8.73. The summed E-state index contributed by atoms with van der Waals surface area (Å²) in [6.45, 7) is 2.19. The first-order valence-electron chi connectivity index (χ1n) is 14.7. The van der Waals surface area contributed by atoms with Crippen molar-refractivity contribution in [2.45, 2.75) is 82.8 Å². The molecular formula is C34H38Cl2N4O. The average Bonchev–Trinajstić information content (AvgIpc) is 2.95. The number of rotatable bonds is 9. The molecule has 0 saturated heterocycles. The summed E-state index contributed by atoms with van der Waals surface area (Å²) in [5, 5.41) is 8.86. The van der Waals surface area contributed by atoms with E-state index in [1.54, 1.807) is 0 Å². The van der Waals surface area contributed by atoms with Crippen molar-refractivity contribution in [3.63, 3.8) is 0 Å². The molecule has 1 amide bonds. The van der Waals surface area contributed by atoms with E-state index in [1.165, 1.54) is 6.42 Å². The molecule has 0 bridgehead atoms. The number of carbonyl (C=O) groups is 1. The van der Waals surface area contributed by atoms with E-state index >= 15 is 0 Å². The van der Waals surface area contributed by atoms with Crippen molar-refractivity contribution in [1.29, 1.82) is 5.41 Å². The quantitative estimate of drug-likeness (QED) is 0.193. The monoisotopic (exact) mass is 588 g/mol. The number of nitrogens with one attached hydrogen (secondary N) is 1. The van der Waals surface area contributed by atoms with E-state index in [4.69, 9.17) is 39.3 Å². The molecule has 1 atom stereocenters. The van der Waals surface area contributed by atoms with Crippen molar-refractivity contribution in [2.75, 3.05) is 0 Å². The Bertz CT molecular complexity index is 1410. The highest BCUT2D eigenvalue weighted by Gasteiger charge is 2.47. The van der Waals surface area contributed by atoms with Crippen LogP contribution in [-0.2, 0) is 11.2 Å². The standard InChI is InChI=1S/C34H38Cl2N4O/c1-2-3-10-30(25-13-11-23(12-14-25)21-31(37)38)40-32(41)22-29(39-34(40)19-5-4-6-20-34)24-15-17-26(18-16-24)33-27(35)8-7-9-28(33)36/h7-9,11-18,30H,2-6,10,19-22H2,1H3,(H3,37,38). The van der Waals surface area contributed by atoms with Crippen molar-refractivity contribution in [1.82, 2.24) is 4.90 Å². The molecule has 7 heteroatoms. The lowest BCUT2D eigenvalue weighted by Crippen LogP contribution is -2.56. The fraction of sp³-hybridized carbons (Fsp3) is 0.382. The number of amidine groups is 1. The Labute approximate surface area is 253 Å². The summed E-state index contributed by atoms with van der Waals surface area (Å²) >= 11 is 12.9. The Morgan fingerprint density at radius 1 is 0.976 bits per heavy atom. The molecule has 1 unspecified atom stereocenters.